The van der Waals surface area contributed by atoms with Gasteiger partial charge in [-0.1, -0.05) is 23.2 Å². The van der Waals surface area contributed by atoms with Crippen molar-refractivity contribution >= 4 is 7.48 Å². The van der Waals surface area contributed by atoms with Crippen LogP contribution in [0.3, 0.4) is 0 Å². The topological polar surface area (TPSA) is 20.2 Å². The SMILES string of the molecule is CC=CC(C)=C(C)[B]O. The Morgan fingerprint density at radius 1 is 1.44 bits per heavy atom. The van der Waals surface area contributed by atoms with E-state index in [2.05, 4.69) is 0 Å². The Morgan fingerprint density at radius 3 is 2.33 bits per heavy atom. The molecule has 0 spiro atoms. The number of hydrogen-bond donors (Lipinski definition) is 1. The van der Waals surface area contributed by atoms with Gasteiger partial charge in [0.05, 0.1) is 0 Å². The van der Waals surface area contributed by atoms with E-state index in [0.717, 1.165) is 18.5 Å². The molecule has 0 aliphatic carbocycles. The molecule has 9 heavy (non-hydrogen) atoms. The lowest BCUT2D eigenvalue weighted by Gasteiger charge is -1.94. The van der Waals surface area contributed by atoms with Crippen LogP contribution in [0, 0.1) is 0 Å². The third-order valence-electron chi connectivity index (χ3n) is 1.23. The van der Waals surface area contributed by atoms with Crippen LogP contribution in [0.5, 0.6) is 0 Å². The molecule has 0 bridgehead atoms. The summed E-state index contributed by atoms with van der Waals surface area (Å²) >= 11 is 0. The minimum atomic E-state index is 0.910. The largest absolute Gasteiger partial charge is 0.450 e. The zero-order valence-corrected chi connectivity index (χ0v) is 6.18. The number of hydrogen-bond acceptors (Lipinski definition) is 1. The molecule has 0 saturated heterocycles. The van der Waals surface area contributed by atoms with E-state index in [4.69, 9.17) is 5.02 Å². The highest BCUT2D eigenvalue weighted by molar-refractivity contribution is 6.36. The van der Waals surface area contributed by atoms with Crippen molar-refractivity contribution in [1.82, 2.24) is 0 Å². The summed E-state index contributed by atoms with van der Waals surface area (Å²) in [5, 5.41) is 8.52. The normalized spacial score (nSPS) is 13.8. The van der Waals surface area contributed by atoms with Crippen LogP contribution in [-0.4, -0.2) is 12.5 Å². The van der Waals surface area contributed by atoms with E-state index < -0.39 is 0 Å². The molecule has 0 amide bonds. The van der Waals surface area contributed by atoms with Crippen LogP contribution in [0.25, 0.3) is 0 Å². The summed E-state index contributed by atoms with van der Waals surface area (Å²) in [5.74, 6) is 0. The van der Waals surface area contributed by atoms with Crippen molar-refractivity contribution in [2.24, 2.45) is 0 Å². The fourth-order valence-electron chi connectivity index (χ4n) is 0.483. The van der Waals surface area contributed by atoms with Crippen molar-refractivity contribution in [3.05, 3.63) is 23.2 Å². The van der Waals surface area contributed by atoms with Gasteiger partial charge in [0.15, 0.2) is 0 Å². The minimum Gasteiger partial charge on any atom is -0.450 e. The van der Waals surface area contributed by atoms with E-state index in [-0.39, 0.29) is 0 Å². The van der Waals surface area contributed by atoms with Crippen LogP contribution in [-0.2, 0) is 0 Å². The van der Waals surface area contributed by atoms with Gasteiger partial charge in [0, 0.05) is 0 Å². The Balaban J connectivity index is 4.10. The van der Waals surface area contributed by atoms with Gasteiger partial charge < -0.3 is 5.02 Å². The molecule has 0 saturated carbocycles. The van der Waals surface area contributed by atoms with E-state index in [9.17, 15) is 0 Å². The summed E-state index contributed by atoms with van der Waals surface area (Å²) in [6.45, 7) is 5.78. The van der Waals surface area contributed by atoms with Crippen molar-refractivity contribution in [3.8, 4) is 0 Å². The summed E-state index contributed by atoms with van der Waals surface area (Å²) in [7, 11) is 1.12. The van der Waals surface area contributed by atoms with E-state index in [1.165, 1.54) is 0 Å². The molecular formula is C7H12BO. The van der Waals surface area contributed by atoms with Crippen molar-refractivity contribution < 1.29 is 5.02 Å². The number of rotatable bonds is 2. The summed E-state index contributed by atoms with van der Waals surface area (Å²) in [4.78, 5) is 0. The van der Waals surface area contributed by atoms with Gasteiger partial charge in [-0.25, -0.2) is 0 Å². The van der Waals surface area contributed by atoms with E-state index in [1.807, 2.05) is 32.9 Å². The monoisotopic (exact) mass is 123 g/mol. The average Bonchev–Trinajstić information content (AvgIpc) is 1.87. The Bertz CT molecular complexity index is 136. The van der Waals surface area contributed by atoms with Crippen molar-refractivity contribution in [1.29, 1.82) is 0 Å². The lowest BCUT2D eigenvalue weighted by molar-refractivity contribution is 0.610. The van der Waals surface area contributed by atoms with E-state index in [1.54, 1.807) is 0 Å². The second kappa shape index (κ2) is 4.39. The smallest absolute Gasteiger partial charge is 0.322 e. The van der Waals surface area contributed by atoms with Gasteiger partial charge in [-0.15, -0.1) is 0 Å². The first-order valence-electron chi connectivity index (χ1n) is 3.00. The fraction of sp³-hybridized carbons (Fsp3) is 0.429. The maximum atomic E-state index is 8.52. The molecule has 49 valence electrons. The second-order valence-corrected chi connectivity index (χ2v) is 2.00. The van der Waals surface area contributed by atoms with Crippen molar-refractivity contribution in [2.75, 3.05) is 0 Å². The minimum absolute atomic E-state index is 0.910. The van der Waals surface area contributed by atoms with Gasteiger partial charge in [0.25, 0.3) is 0 Å². The molecule has 0 aliphatic rings. The summed E-state index contributed by atoms with van der Waals surface area (Å²) in [6, 6.07) is 0. The second-order valence-electron chi connectivity index (χ2n) is 2.00. The fourth-order valence-corrected chi connectivity index (χ4v) is 0.483. The lowest BCUT2D eigenvalue weighted by Crippen LogP contribution is -1.91. The Kier molecular flexibility index (Phi) is 4.15. The first-order valence-corrected chi connectivity index (χ1v) is 3.00. The molecule has 0 fully saturated rings. The average molecular weight is 123 g/mol. The molecule has 2 heteroatoms. The predicted octanol–water partition coefficient (Wildman–Crippen LogP) is 1.47. The molecule has 1 radical (unpaired) electrons. The molecule has 0 aliphatic heterocycles. The maximum Gasteiger partial charge on any atom is 0.322 e. The first-order chi connectivity index (χ1) is 4.22. The zero-order valence-electron chi connectivity index (χ0n) is 6.18. The van der Waals surface area contributed by atoms with Crippen molar-refractivity contribution in [2.45, 2.75) is 20.8 Å². The zero-order chi connectivity index (χ0) is 7.28. The van der Waals surface area contributed by atoms with Gasteiger partial charge in [-0.3, -0.25) is 0 Å². The standard InChI is InChI=1S/C7H12BO/c1-4-5-6(2)7(3)8-9/h4-5,9H,1-3H3. The van der Waals surface area contributed by atoms with Gasteiger partial charge in [-0.05, 0) is 20.8 Å². The molecule has 0 aromatic carbocycles. The molecule has 0 aromatic rings. The third kappa shape index (κ3) is 3.14. The third-order valence-corrected chi connectivity index (χ3v) is 1.23. The van der Waals surface area contributed by atoms with Crippen LogP contribution >= 0.6 is 0 Å². The Labute approximate surface area is 57.4 Å². The van der Waals surface area contributed by atoms with Crippen LogP contribution in [0.15, 0.2) is 23.2 Å². The van der Waals surface area contributed by atoms with Crippen molar-refractivity contribution in [3.63, 3.8) is 0 Å². The highest BCUT2D eigenvalue weighted by atomic mass is 16.2. The molecule has 0 atom stereocenters. The predicted molar refractivity (Wildman–Crippen MR) is 41.2 cm³/mol. The van der Waals surface area contributed by atoms with Crippen LogP contribution in [0.2, 0.25) is 0 Å². The maximum absolute atomic E-state index is 8.52. The van der Waals surface area contributed by atoms with Crippen LogP contribution in [0.4, 0.5) is 0 Å². The van der Waals surface area contributed by atoms with Gasteiger partial charge in [0.1, 0.15) is 0 Å². The highest BCUT2D eigenvalue weighted by Gasteiger charge is 1.91. The molecule has 1 N–H and O–H groups in total. The summed E-state index contributed by atoms with van der Waals surface area (Å²) in [5.41, 5.74) is 2.01. The highest BCUT2D eigenvalue weighted by Crippen LogP contribution is 2.01. The van der Waals surface area contributed by atoms with Crippen LogP contribution < -0.4 is 0 Å². The van der Waals surface area contributed by atoms with Gasteiger partial charge in [-0.2, -0.15) is 0 Å². The van der Waals surface area contributed by atoms with Crippen LogP contribution in [0.1, 0.15) is 20.8 Å². The number of allylic oxidation sites excluding steroid dienone is 4. The lowest BCUT2D eigenvalue weighted by atomic mass is 9.86. The Morgan fingerprint density at radius 2 is 2.00 bits per heavy atom. The summed E-state index contributed by atoms with van der Waals surface area (Å²) in [6.07, 6.45) is 3.91. The van der Waals surface area contributed by atoms with E-state index >= 15 is 0 Å². The van der Waals surface area contributed by atoms with Gasteiger partial charge in [0.2, 0.25) is 0 Å². The molecular weight excluding hydrogens is 111 g/mol. The molecule has 0 unspecified atom stereocenters. The van der Waals surface area contributed by atoms with E-state index in [0.29, 0.717) is 0 Å². The summed E-state index contributed by atoms with van der Waals surface area (Å²) < 4.78 is 0. The molecule has 0 rings (SSSR count). The molecule has 1 nitrogen and oxygen atoms in total. The quantitative estimate of drug-likeness (QED) is 0.435. The first kappa shape index (κ1) is 8.50. The molecule has 0 heterocycles. The van der Waals surface area contributed by atoms with Gasteiger partial charge >= 0.3 is 7.48 Å². The Hall–Kier alpha value is -0.495. The molecule has 0 aromatic heterocycles.